The molecule has 1 fully saturated rings. The second-order valence-electron chi connectivity index (χ2n) is 3.52. The first-order chi connectivity index (χ1) is 6.27. The average molecular weight is 188 g/mol. The van der Waals surface area contributed by atoms with Crippen LogP contribution in [0.2, 0.25) is 0 Å². The average Bonchev–Trinajstić information content (AvgIpc) is 2.18. The van der Waals surface area contributed by atoms with Gasteiger partial charge in [0, 0.05) is 25.7 Å². The number of β-amino-alcohol motifs (C(OH)–C–C–N with tert-alkyl or cyclic N) is 1. The number of aliphatic hydroxyl groups is 1. The van der Waals surface area contributed by atoms with E-state index in [1.54, 1.807) is 0 Å². The van der Waals surface area contributed by atoms with Crippen molar-refractivity contribution >= 4 is 0 Å². The summed E-state index contributed by atoms with van der Waals surface area (Å²) in [5.74, 6) is 0. The molecular weight excluding hydrogens is 168 g/mol. The van der Waals surface area contributed by atoms with E-state index < -0.39 is 6.10 Å². The van der Waals surface area contributed by atoms with Crippen molar-refractivity contribution in [3.8, 4) is 0 Å². The van der Waals surface area contributed by atoms with Gasteiger partial charge in [0.05, 0.1) is 19.3 Å². The third-order valence-electron chi connectivity index (χ3n) is 2.54. The fourth-order valence-corrected chi connectivity index (χ4v) is 1.65. The summed E-state index contributed by atoms with van der Waals surface area (Å²) in [5.41, 5.74) is 5.37. The Hall–Kier alpha value is -0.160. The lowest BCUT2D eigenvalue weighted by molar-refractivity contribution is -0.0259. The Morgan fingerprint density at radius 1 is 1.69 bits per heavy atom. The van der Waals surface area contributed by atoms with Gasteiger partial charge in [-0.1, -0.05) is 6.92 Å². The maximum Gasteiger partial charge on any atom is 0.0789 e. The molecule has 0 bridgehead atoms. The molecule has 0 radical (unpaired) electrons. The van der Waals surface area contributed by atoms with Gasteiger partial charge in [0.15, 0.2) is 0 Å². The van der Waals surface area contributed by atoms with Crippen molar-refractivity contribution in [1.29, 1.82) is 0 Å². The highest BCUT2D eigenvalue weighted by atomic mass is 16.5. The predicted molar refractivity (Wildman–Crippen MR) is 51.5 cm³/mol. The lowest BCUT2D eigenvalue weighted by Gasteiger charge is -2.36. The van der Waals surface area contributed by atoms with Crippen molar-refractivity contribution in [3.05, 3.63) is 0 Å². The molecule has 0 aromatic rings. The van der Waals surface area contributed by atoms with E-state index in [4.69, 9.17) is 10.5 Å². The molecule has 0 aromatic carbocycles. The number of hydrogen-bond acceptors (Lipinski definition) is 4. The molecule has 3 N–H and O–H groups in total. The van der Waals surface area contributed by atoms with Crippen LogP contribution >= 0.6 is 0 Å². The summed E-state index contributed by atoms with van der Waals surface area (Å²) in [4.78, 5) is 2.26. The molecule has 1 saturated heterocycles. The topological polar surface area (TPSA) is 58.7 Å². The maximum atomic E-state index is 9.42. The van der Waals surface area contributed by atoms with Gasteiger partial charge in [-0.2, -0.15) is 0 Å². The molecule has 4 heteroatoms. The molecule has 1 heterocycles. The van der Waals surface area contributed by atoms with E-state index >= 15 is 0 Å². The molecule has 4 nitrogen and oxygen atoms in total. The van der Waals surface area contributed by atoms with Crippen molar-refractivity contribution in [2.24, 2.45) is 5.73 Å². The molecule has 0 aromatic heterocycles. The van der Waals surface area contributed by atoms with Crippen molar-refractivity contribution in [1.82, 2.24) is 4.90 Å². The van der Waals surface area contributed by atoms with E-state index in [0.717, 1.165) is 26.2 Å². The van der Waals surface area contributed by atoms with Crippen molar-refractivity contribution in [3.63, 3.8) is 0 Å². The van der Waals surface area contributed by atoms with E-state index in [0.29, 0.717) is 19.1 Å². The van der Waals surface area contributed by atoms with Crippen molar-refractivity contribution in [2.45, 2.75) is 25.5 Å². The Morgan fingerprint density at radius 2 is 2.46 bits per heavy atom. The highest BCUT2D eigenvalue weighted by Crippen LogP contribution is 2.10. The minimum absolute atomic E-state index is 0.341. The van der Waals surface area contributed by atoms with Crippen LogP contribution in [-0.2, 0) is 4.74 Å². The third-order valence-corrected chi connectivity index (χ3v) is 2.54. The van der Waals surface area contributed by atoms with E-state index in [2.05, 4.69) is 11.8 Å². The Kier molecular flexibility index (Phi) is 4.66. The number of morpholine rings is 1. The van der Waals surface area contributed by atoms with Crippen LogP contribution < -0.4 is 5.73 Å². The first kappa shape index (κ1) is 10.9. The summed E-state index contributed by atoms with van der Waals surface area (Å²) < 4.78 is 5.36. The van der Waals surface area contributed by atoms with Crippen LogP contribution in [0, 0.1) is 0 Å². The second kappa shape index (κ2) is 5.54. The summed E-state index contributed by atoms with van der Waals surface area (Å²) >= 11 is 0. The molecule has 2 atom stereocenters. The summed E-state index contributed by atoms with van der Waals surface area (Å²) in [5, 5.41) is 9.42. The standard InChI is InChI=1S/C9H20N2O2/c1-2-8-7-13-4-3-11(8)6-9(12)5-10/h8-9,12H,2-7,10H2,1H3. The van der Waals surface area contributed by atoms with Crippen LogP contribution in [0.15, 0.2) is 0 Å². The van der Waals surface area contributed by atoms with Crippen LogP contribution in [0.5, 0.6) is 0 Å². The number of aliphatic hydroxyl groups excluding tert-OH is 1. The molecule has 1 aliphatic heterocycles. The molecule has 0 aliphatic carbocycles. The van der Waals surface area contributed by atoms with Crippen molar-refractivity contribution in [2.75, 3.05) is 32.8 Å². The van der Waals surface area contributed by atoms with Crippen LogP contribution in [-0.4, -0.2) is 55.0 Å². The van der Waals surface area contributed by atoms with Crippen LogP contribution in [0.3, 0.4) is 0 Å². The number of nitrogens with zero attached hydrogens (tertiary/aromatic N) is 1. The molecule has 0 spiro atoms. The van der Waals surface area contributed by atoms with E-state index in [1.165, 1.54) is 0 Å². The Labute approximate surface area is 79.7 Å². The van der Waals surface area contributed by atoms with E-state index in [9.17, 15) is 5.11 Å². The molecule has 13 heavy (non-hydrogen) atoms. The summed E-state index contributed by atoms with van der Waals surface area (Å²) in [7, 11) is 0. The third kappa shape index (κ3) is 3.23. The van der Waals surface area contributed by atoms with Crippen LogP contribution in [0.1, 0.15) is 13.3 Å². The molecule has 1 rings (SSSR count). The Balaban J connectivity index is 2.35. The molecule has 1 aliphatic rings. The highest BCUT2D eigenvalue weighted by molar-refractivity contribution is 4.76. The zero-order chi connectivity index (χ0) is 9.68. The van der Waals surface area contributed by atoms with E-state index in [-0.39, 0.29) is 0 Å². The number of hydrogen-bond donors (Lipinski definition) is 2. The monoisotopic (exact) mass is 188 g/mol. The quantitative estimate of drug-likeness (QED) is 0.619. The van der Waals surface area contributed by atoms with Gasteiger partial charge in [-0.05, 0) is 6.42 Å². The smallest absolute Gasteiger partial charge is 0.0789 e. The zero-order valence-electron chi connectivity index (χ0n) is 8.28. The van der Waals surface area contributed by atoms with Crippen LogP contribution in [0.25, 0.3) is 0 Å². The Morgan fingerprint density at radius 3 is 3.08 bits per heavy atom. The van der Waals surface area contributed by atoms with Gasteiger partial charge in [-0.3, -0.25) is 4.90 Å². The van der Waals surface area contributed by atoms with Gasteiger partial charge in [0.2, 0.25) is 0 Å². The van der Waals surface area contributed by atoms with Gasteiger partial charge in [-0.25, -0.2) is 0 Å². The Bertz CT molecular complexity index is 144. The van der Waals surface area contributed by atoms with Gasteiger partial charge in [-0.15, -0.1) is 0 Å². The fourth-order valence-electron chi connectivity index (χ4n) is 1.65. The summed E-state index contributed by atoms with van der Waals surface area (Å²) in [6.07, 6.45) is 0.671. The summed E-state index contributed by atoms with van der Waals surface area (Å²) in [6, 6.07) is 0.454. The first-order valence-corrected chi connectivity index (χ1v) is 4.97. The normalized spacial score (nSPS) is 27.5. The predicted octanol–water partition coefficient (Wildman–Crippen LogP) is -0.583. The van der Waals surface area contributed by atoms with Gasteiger partial charge in [0.25, 0.3) is 0 Å². The number of ether oxygens (including phenoxy) is 1. The molecule has 78 valence electrons. The minimum Gasteiger partial charge on any atom is -0.390 e. The minimum atomic E-state index is -0.396. The largest absolute Gasteiger partial charge is 0.390 e. The lowest BCUT2D eigenvalue weighted by Crippen LogP contribution is -2.49. The second-order valence-corrected chi connectivity index (χ2v) is 3.52. The summed E-state index contributed by atoms with van der Waals surface area (Å²) in [6.45, 7) is 5.63. The SMILES string of the molecule is CCC1COCCN1CC(O)CN. The maximum absolute atomic E-state index is 9.42. The number of nitrogens with two attached hydrogens (primary N) is 1. The molecule has 0 saturated carbocycles. The van der Waals surface area contributed by atoms with Crippen molar-refractivity contribution < 1.29 is 9.84 Å². The lowest BCUT2D eigenvalue weighted by atomic mass is 10.1. The van der Waals surface area contributed by atoms with Gasteiger partial charge < -0.3 is 15.6 Å². The fraction of sp³-hybridized carbons (Fsp3) is 1.00. The highest BCUT2D eigenvalue weighted by Gasteiger charge is 2.22. The van der Waals surface area contributed by atoms with Gasteiger partial charge >= 0.3 is 0 Å². The van der Waals surface area contributed by atoms with E-state index in [1.807, 2.05) is 0 Å². The van der Waals surface area contributed by atoms with Gasteiger partial charge in [0.1, 0.15) is 0 Å². The number of rotatable bonds is 4. The first-order valence-electron chi connectivity index (χ1n) is 4.97. The van der Waals surface area contributed by atoms with Crippen LogP contribution in [0.4, 0.5) is 0 Å². The molecule has 0 amide bonds. The molecule has 2 unspecified atom stereocenters. The zero-order valence-corrected chi connectivity index (χ0v) is 8.28. The molecular formula is C9H20N2O2.